The Morgan fingerprint density at radius 2 is 2.05 bits per heavy atom. The highest BCUT2D eigenvalue weighted by Crippen LogP contribution is 2.38. The van der Waals surface area contributed by atoms with Crippen LogP contribution in [0.2, 0.25) is 5.02 Å². The maximum absolute atomic E-state index is 11.7. The van der Waals surface area contributed by atoms with Gasteiger partial charge in [-0.2, -0.15) is 4.98 Å². The van der Waals surface area contributed by atoms with Crippen molar-refractivity contribution in [3.8, 4) is 11.5 Å². The first-order valence-electron chi connectivity index (χ1n) is 6.43. The quantitative estimate of drug-likeness (QED) is 0.899. The normalized spacial score (nSPS) is 16.7. The molecule has 0 atom stereocenters. The predicted octanol–water partition coefficient (Wildman–Crippen LogP) is 2.55. The first kappa shape index (κ1) is 17.2. The Hall–Kier alpha value is -1.15. The number of nitrogens with two attached hydrogens (primary N) is 1. The molecule has 0 radical (unpaired) electrons. The molecule has 0 bridgehead atoms. The van der Waals surface area contributed by atoms with Gasteiger partial charge in [0.15, 0.2) is 15.7 Å². The summed E-state index contributed by atoms with van der Waals surface area (Å²) >= 11 is 5.91. The Balaban J connectivity index is 0.00000176. The molecule has 0 aliphatic heterocycles. The zero-order valence-electron chi connectivity index (χ0n) is 11.7. The van der Waals surface area contributed by atoms with Crippen molar-refractivity contribution in [2.24, 2.45) is 5.73 Å². The topological polar surface area (TPSA) is 99.1 Å². The molecule has 1 aromatic carbocycles. The van der Waals surface area contributed by atoms with Gasteiger partial charge in [-0.1, -0.05) is 16.8 Å². The summed E-state index contributed by atoms with van der Waals surface area (Å²) in [7, 11) is -3.43. The summed E-state index contributed by atoms with van der Waals surface area (Å²) in [4.78, 5) is 4.32. The van der Waals surface area contributed by atoms with Gasteiger partial charge in [0.1, 0.15) is 0 Å². The van der Waals surface area contributed by atoms with E-state index < -0.39 is 15.4 Å². The minimum absolute atomic E-state index is 0. The van der Waals surface area contributed by atoms with Crippen LogP contribution in [-0.4, -0.2) is 24.8 Å². The van der Waals surface area contributed by atoms with Crippen LogP contribution >= 0.6 is 24.0 Å². The van der Waals surface area contributed by atoms with E-state index >= 15 is 0 Å². The molecule has 9 heteroatoms. The van der Waals surface area contributed by atoms with Crippen molar-refractivity contribution in [2.45, 2.75) is 29.7 Å². The SMILES string of the molecule is CS(=O)(=O)c1cc(-c2nc(C3(N)CCC3)no2)ccc1Cl.Cl. The molecular weight excluding hydrogens is 349 g/mol. The lowest BCUT2D eigenvalue weighted by Gasteiger charge is -2.34. The van der Waals surface area contributed by atoms with Gasteiger partial charge in [0, 0.05) is 11.8 Å². The molecule has 22 heavy (non-hydrogen) atoms. The molecule has 120 valence electrons. The van der Waals surface area contributed by atoms with Crippen molar-refractivity contribution in [2.75, 3.05) is 6.26 Å². The summed E-state index contributed by atoms with van der Waals surface area (Å²) in [6.45, 7) is 0. The Morgan fingerprint density at radius 1 is 1.36 bits per heavy atom. The van der Waals surface area contributed by atoms with Gasteiger partial charge in [0.25, 0.3) is 5.89 Å². The Bertz CT molecular complexity index is 801. The highest BCUT2D eigenvalue weighted by atomic mass is 35.5. The predicted molar refractivity (Wildman–Crippen MR) is 84.8 cm³/mol. The van der Waals surface area contributed by atoms with E-state index in [4.69, 9.17) is 21.9 Å². The molecule has 1 fully saturated rings. The van der Waals surface area contributed by atoms with Gasteiger partial charge in [-0.05, 0) is 37.5 Å². The molecule has 0 amide bonds. The number of aromatic nitrogens is 2. The van der Waals surface area contributed by atoms with Crippen molar-refractivity contribution >= 4 is 33.8 Å². The maximum atomic E-state index is 11.7. The van der Waals surface area contributed by atoms with Gasteiger partial charge < -0.3 is 10.3 Å². The summed E-state index contributed by atoms with van der Waals surface area (Å²) in [5, 5.41) is 4.07. The monoisotopic (exact) mass is 363 g/mol. The molecule has 6 nitrogen and oxygen atoms in total. The number of benzene rings is 1. The fourth-order valence-electron chi connectivity index (χ4n) is 2.24. The molecule has 1 saturated carbocycles. The smallest absolute Gasteiger partial charge is 0.258 e. The first-order chi connectivity index (χ1) is 9.79. The van der Waals surface area contributed by atoms with E-state index in [2.05, 4.69) is 10.1 Å². The van der Waals surface area contributed by atoms with Crippen LogP contribution in [0.3, 0.4) is 0 Å². The van der Waals surface area contributed by atoms with Gasteiger partial charge in [-0.15, -0.1) is 12.4 Å². The standard InChI is InChI=1S/C13H14ClN3O3S.ClH/c1-21(18,19)10-7-8(3-4-9(10)14)11-16-12(17-20-11)13(15)5-2-6-13;/h3-4,7H,2,5-6,15H2,1H3;1H. The average Bonchev–Trinajstić information content (AvgIpc) is 2.85. The van der Waals surface area contributed by atoms with Crippen molar-refractivity contribution in [1.82, 2.24) is 10.1 Å². The van der Waals surface area contributed by atoms with Crippen LogP contribution in [0, 0.1) is 0 Å². The zero-order valence-corrected chi connectivity index (χ0v) is 14.1. The largest absolute Gasteiger partial charge is 0.334 e. The molecule has 1 heterocycles. The summed E-state index contributed by atoms with van der Waals surface area (Å²) < 4.78 is 28.6. The van der Waals surface area contributed by atoms with Crippen LogP contribution < -0.4 is 5.73 Å². The van der Waals surface area contributed by atoms with Crippen LogP contribution in [0.5, 0.6) is 0 Å². The molecule has 1 aliphatic rings. The van der Waals surface area contributed by atoms with Gasteiger partial charge >= 0.3 is 0 Å². The number of hydrogen-bond donors (Lipinski definition) is 1. The summed E-state index contributed by atoms with van der Waals surface area (Å²) in [6, 6.07) is 4.57. The van der Waals surface area contributed by atoms with Crippen molar-refractivity contribution in [1.29, 1.82) is 0 Å². The number of hydrogen-bond acceptors (Lipinski definition) is 6. The van der Waals surface area contributed by atoms with Crippen LogP contribution in [0.4, 0.5) is 0 Å². The summed E-state index contributed by atoms with van der Waals surface area (Å²) in [5.74, 6) is 0.697. The molecule has 0 unspecified atom stereocenters. The van der Waals surface area contributed by atoms with Crippen molar-refractivity contribution in [3.05, 3.63) is 29.0 Å². The highest BCUT2D eigenvalue weighted by molar-refractivity contribution is 7.90. The van der Waals surface area contributed by atoms with E-state index in [-0.39, 0.29) is 28.2 Å². The minimum atomic E-state index is -3.43. The number of nitrogens with zero attached hydrogens (tertiary/aromatic N) is 2. The molecule has 0 spiro atoms. The zero-order chi connectivity index (χ0) is 15.3. The van der Waals surface area contributed by atoms with E-state index in [9.17, 15) is 8.42 Å². The van der Waals surface area contributed by atoms with Gasteiger partial charge in [0.05, 0.1) is 15.5 Å². The molecule has 2 N–H and O–H groups in total. The number of halogens is 2. The second-order valence-electron chi connectivity index (χ2n) is 5.35. The molecular formula is C13H15Cl2N3O3S. The minimum Gasteiger partial charge on any atom is -0.334 e. The van der Waals surface area contributed by atoms with Crippen LogP contribution in [0.15, 0.2) is 27.6 Å². The molecule has 1 aliphatic carbocycles. The molecule has 2 aromatic rings. The summed E-state index contributed by atoms with van der Waals surface area (Å²) in [5.41, 5.74) is 6.12. The van der Waals surface area contributed by atoms with Crippen LogP contribution in [0.1, 0.15) is 25.1 Å². The molecule has 1 aromatic heterocycles. The average molecular weight is 364 g/mol. The third-order valence-corrected chi connectivity index (χ3v) is 5.27. The molecule has 0 saturated heterocycles. The fraction of sp³-hybridized carbons (Fsp3) is 0.385. The lowest BCUT2D eigenvalue weighted by molar-refractivity contribution is 0.229. The maximum Gasteiger partial charge on any atom is 0.258 e. The lowest BCUT2D eigenvalue weighted by atomic mass is 9.77. The Kier molecular flexibility index (Phi) is 4.54. The Labute approximate surface area is 139 Å². The number of rotatable bonds is 3. The van der Waals surface area contributed by atoms with Crippen LogP contribution in [0.25, 0.3) is 11.5 Å². The second-order valence-corrected chi connectivity index (χ2v) is 7.74. The first-order valence-corrected chi connectivity index (χ1v) is 8.70. The fourth-order valence-corrected chi connectivity index (χ4v) is 3.55. The number of sulfone groups is 1. The second kappa shape index (κ2) is 5.81. The Morgan fingerprint density at radius 3 is 2.59 bits per heavy atom. The van der Waals surface area contributed by atoms with Crippen molar-refractivity contribution < 1.29 is 12.9 Å². The lowest BCUT2D eigenvalue weighted by Crippen LogP contribution is -2.44. The van der Waals surface area contributed by atoms with E-state index in [1.54, 1.807) is 6.07 Å². The third-order valence-electron chi connectivity index (χ3n) is 3.69. The third kappa shape index (κ3) is 2.99. The van der Waals surface area contributed by atoms with E-state index in [0.717, 1.165) is 25.5 Å². The van der Waals surface area contributed by atoms with E-state index in [1.165, 1.54) is 12.1 Å². The summed E-state index contributed by atoms with van der Waals surface area (Å²) in [6.07, 6.45) is 3.78. The highest BCUT2D eigenvalue weighted by Gasteiger charge is 2.39. The van der Waals surface area contributed by atoms with Crippen molar-refractivity contribution in [3.63, 3.8) is 0 Å². The van der Waals surface area contributed by atoms with Gasteiger partial charge in [-0.3, -0.25) is 0 Å². The van der Waals surface area contributed by atoms with Gasteiger partial charge in [-0.25, -0.2) is 8.42 Å². The van der Waals surface area contributed by atoms with Gasteiger partial charge in [0.2, 0.25) is 0 Å². The van der Waals surface area contributed by atoms with Crippen LogP contribution in [-0.2, 0) is 15.4 Å². The van der Waals surface area contributed by atoms with E-state index in [0.29, 0.717) is 11.4 Å². The molecule has 3 rings (SSSR count). The van der Waals surface area contributed by atoms with E-state index in [1.807, 2.05) is 0 Å².